The minimum absolute atomic E-state index is 0.0162. The standard InChI is InChI=1S/C28H34ClN7O4S/c1-40-25-11-20-16-36(15-18-7-3-2-4-8-18)17-26(37)32-23(20)12-24(25)34-28-30-14-21(29)27(35-28)33-22-10-6-5-9-19(22)13-31-41(38)39/h2-4,7-8,11-12,14,19,22,41H,5-6,9-10,13,15-17H2,1H3,(H,32,37)(H,31,38,39)(H2,30,33,34,35)/t19-,22-/m1/s1. The minimum atomic E-state index is -2.65. The molecule has 1 aromatic heterocycles. The molecule has 5 rings (SSSR count). The molecular weight excluding hydrogens is 566 g/mol. The predicted octanol–water partition coefficient (Wildman–Crippen LogP) is 3.92. The van der Waals surface area contributed by atoms with Gasteiger partial charge in [0.2, 0.25) is 22.7 Å². The molecule has 41 heavy (non-hydrogen) atoms. The SMILES string of the molecule is COc1cc2c(cc1Nc1ncc(Cl)c(N[C@@H]3CCCC[C@@H]3CN[SH](=O)=O)n1)NC(=O)CN(Cc1ccccc1)C2. The number of hydrogen-bond acceptors (Lipinski definition) is 9. The van der Waals surface area contributed by atoms with Crippen molar-refractivity contribution in [3.8, 4) is 5.75 Å². The zero-order valence-corrected chi connectivity index (χ0v) is 24.4. The van der Waals surface area contributed by atoms with E-state index in [2.05, 4.69) is 35.5 Å². The number of nitrogens with zero attached hydrogens (tertiary/aromatic N) is 3. The molecule has 0 bridgehead atoms. The largest absolute Gasteiger partial charge is 0.495 e. The van der Waals surface area contributed by atoms with E-state index in [1.54, 1.807) is 7.11 Å². The quantitative estimate of drug-likeness (QED) is 0.220. The number of amides is 1. The minimum Gasteiger partial charge on any atom is -0.495 e. The Morgan fingerprint density at radius 2 is 1.95 bits per heavy atom. The van der Waals surface area contributed by atoms with Crippen LogP contribution in [0, 0.1) is 5.92 Å². The van der Waals surface area contributed by atoms with E-state index in [0.717, 1.165) is 36.8 Å². The van der Waals surface area contributed by atoms with Crippen LogP contribution in [0.15, 0.2) is 48.7 Å². The van der Waals surface area contributed by atoms with Crippen molar-refractivity contribution in [2.75, 3.05) is 36.1 Å². The number of anilines is 4. The van der Waals surface area contributed by atoms with Crippen molar-refractivity contribution in [1.82, 2.24) is 19.6 Å². The third kappa shape index (κ3) is 7.64. The Labute approximate surface area is 246 Å². The number of halogens is 1. The number of carbonyl (C=O) groups excluding carboxylic acids is 1. The van der Waals surface area contributed by atoms with Crippen LogP contribution in [0.1, 0.15) is 36.8 Å². The van der Waals surface area contributed by atoms with Crippen molar-refractivity contribution in [3.05, 3.63) is 64.8 Å². The summed E-state index contributed by atoms with van der Waals surface area (Å²) in [7, 11) is -1.06. The second kappa shape index (κ2) is 13.5. The molecule has 218 valence electrons. The number of benzene rings is 2. The third-order valence-corrected chi connectivity index (χ3v) is 8.13. The summed E-state index contributed by atoms with van der Waals surface area (Å²) in [4.78, 5) is 23.8. The van der Waals surface area contributed by atoms with Crippen LogP contribution in [0.3, 0.4) is 0 Å². The zero-order valence-electron chi connectivity index (χ0n) is 22.7. The van der Waals surface area contributed by atoms with E-state index in [4.69, 9.17) is 16.3 Å². The number of fused-ring (bicyclic) bond motifs is 1. The van der Waals surface area contributed by atoms with Crippen molar-refractivity contribution in [1.29, 1.82) is 0 Å². The molecule has 4 N–H and O–H groups in total. The number of thiol groups is 1. The van der Waals surface area contributed by atoms with Gasteiger partial charge in [-0.25, -0.2) is 18.1 Å². The van der Waals surface area contributed by atoms with Crippen LogP contribution >= 0.6 is 11.6 Å². The molecule has 2 atom stereocenters. The van der Waals surface area contributed by atoms with Gasteiger partial charge < -0.3 is 20.7 Å². The molecule has 13 heteroatoms. The lowest BCUT2D eigenvalue weighted by Gasteiger charge is -2.32. The number of nitrogens with one attached hydrogen (secondary N) is 4. The third-order valence-electron chi connectivity index (χ3n) is 7.41. The monoisotopic (exact) mass is 599 g/mol. The molecule has 1 saturated carbocycles. The highest BCUT2D eigenvalue weighted by atomic mass is 35.5. The second-order valence-electron chi connectivity index (χ2n) is 10.3. The van der Waals surface area contributed by atoms with Gasteiger partial charge in [-0.3, -0.25) is 9.69 Å². The number of ether oxygens (including phenoxy) is 1. The summed E-state index contributed by atoms with van der Waals surface area (Å²) < 4.78 is 30.4. The molecular formula is C28H34ClN7O4S. The molecule has 0 radical (unpaired) electrons. The van der Waals surface area contributed by atoms with Crippen molar-refractivity contribution in [2.45, 2.75) is 44.8 Å². The predicted molar refractivity (Wildman–Crippen MR) is 160 cm³/mol. The van der Waals surface area contributed by atoms with E-state index in [-0.39, 0.29) is 24.4 Å². The number of carbonyl (C=O) groups is 1. The Morgan fingerprint density at radius 3 is 2.73 bits per heavy atom. The topological polar surface area (TPSA) is 138 Å². The lowest BCUT2D eigenvalue weighted by Crippen LogP contribution is -2.38. The molecule has 2 aromatic carbocycles. The van der Waals surface area contributed by atoms with Gasteiger partial charge in [0, 0.05) is 31.4 Å². The first-order chi connectivity index (χ1) is 19.9. The van der Waals surface area contributed by atoms with Gasteiger partial charge in [-0.1, -0.05) is 54.8 Å². The maximum Gasteiger partial charge on any atom is 0.238 e. The summed E-state index contributed by atoms with van der Waals surface area (Å²) in [6, 6.07) is 13.8. The van der Waals surface area contributed by atoms with E-state index in [1.807, 2.05) is 42.5 Å². The normalized spacial score (nSPS) is 19.2. The van der Waals surface area contributed by atoms with Gasteiger partial charge in [0.15, 0.2) is 5.82 Å². The lowest BCUT2D eigenvalue weighted by atomic mass is 9.84. The van der Waals surface area contributed by atoms with Crippen LogP contribution in [0.4, 0.5) is 23.1 Å². The molecule has 2 aliphatic rings. The Hall–Kier alpha value is -3.45. The Kier molecular flexibility index (Phi) is 9.55. The van der Waals surface area contributed by atoms with Gasteiger partial charge in [0.05, 0.1) is 25.5 Å². The fourth-order valence-corrected chi connectivity index (χ4v) is 5.97. The van der Waals surface area contributed by atoms with Crippen LogP contribution < -0.4 is 25.4 Å². The van der Waals surface area contributed by atoms with E-state index in [1.165, 1.54) is 6.20 Å². The molecule has 1 fully saturated rings. The van der Waals surface area contributed by atoms with Crippen molar-refractivity contribution < 1.29 is 17.9 Å². The summed E-state index contributed by atoms with van der Waals surface area (Å²) in [6.45, 7) is 1.86. The van der Waals surface area contributed by atoms with Gasteiger partial charge in [0.1, 0.15) is 10.8 Å². The van der Waals surface area contributed by atoms with E-state index in [0.29, 0.717) is 53.5 Å². The highest BCUT2D eigenvalue weighted by Gasteiger charge is 2.27. The molecule has 11 nitrogen and oxygen atoms in total. The summed E-state index contributed by atoms with van der Waals surface area (Å²) in [6.07, 6.45) is 5.38. The Bertz CT molecular complexity index is 1450. The van der Waals surface area contributed by atoms with Gasteiger partial charge in [-0.05, 0) is 42.0 Å². The smallest absolute Gasteiger partial charge is 0.238 e. The highest BCUT2D eigenvalue weighted by molar-refractivity contribution is 7.70. The molecule has 2 heterocycles. The van der Waals surface area contributed by atoms with Crippen LogP contribution in [0.25, 0.3) is 0 Å². The van der Waals surface area contributed by atoms with Crippen molar-refractivity contribution in [3.63, 3.8) is 0 Å². The number of rotatable bonds is 10. The van der Waals surface area contributed by atoms with Crippen molar-refractivity contribution >= 4 is 51.5 Å². The van der Waals surface area contributed by atoms with E-state index in [9.17, 15) is 13.2 Å². The molecule has 0 unspecified atom stereocenters. The number of hydrogen-bond donors (Lipinski definition) is 5. The average Bonchev–Trinajstić information content (AvgIpc) is 3.11. The van der Waals surface area contributed by atoms with Gasteiger partial charge in [0.25, 0.3) is 0 Å². The fraction of sp³-hybridized carbons (Fsp3) is 0.393. The maximum atomic E-state index is 12.8. The van der Waals surface area contributed by atoms with Crippen LogP contribution in [-0.2, 0) is 28.8 Å². The lowest BCUT2D eigenvalue weighted by molar-refractivity contribution is -0.117. The van der Waals surface area contributed by atoms with Crippen LogP contribution in [0.5, 0.6) is 5.75 Å². The summed E-state index contributed by atoms with van der Waals surface area (Å²) in [5.74, 6) is 1.37. The van der Waals surface area contributed by atoms with Gasteiger partial charge in [-0.2, -0.15) is 4.98 Å². The van der Waals surface area contributed by atoms with E-state index >= 15 is 0 Å². The second-order valence-corrected chi connectivity index (χ2v) is 11.6. The molecule has 1 aliphatic heterocycles. The van der Waals surface area contributed by atoms with Crippen molar-refractivity contribution in [2.24, 2.45) is 5.92 Å². The van der Waals surface area contributed by atoms with Gasteiger partial charge in [-0.15, -0.1) is 0 Å². The summed E-state index contributed by atoms with van der Waals surface area (Å²) in [5, 5.41) is 10.0. The molecule has 0 saturated heterocycles. The Balaban J connectivity index is 1.34. The average molecular weight is 600 g/mol. The van der Waals surface area contributed by atoms with Crippen LogP contribution in [-0.4, -0.2) is 55.4 Å². The summed E-state index contributed by atoms with van der Waals surface area (Å²) >= 11 is 6.45. The molecule has 1 aliphatic carbocycles. The first-order valence-electron chi connectivity index (χ1n) is 13.6. The fourth-order valence-electron chi connectivity index (χ4n) is 5.44. The molecule has 1 amide bonds. The Morgan fingerprint density at radius 1 is 1.15 bits per heavy atom. The van der Waals surface area contributed by atoms with Gasteiger partial charge >= 0.3 is 0 Å². The zero-order chi connectivity index (χ0) is 28.8. The molecule has 0 spiro atoms. The van der Waals surface area contributed by atoms with E-state index < -0.39 is 10.9 Å². The number of aromatic nitrogens is 2. The maximum absolute atomic E-state index is 12.8. The van der Waals surface area contributed by atoms with Crippen LogP contribution in [0.2, 0.25) is 5.02 Å². The molecule has 3 aromatic rings. The summed E-state index contributed by atoms with van der Waals surface area (Å²) in [5.41, 5.74) is 3.35. The first kappa shape index (κ1) is 29.1. The highest BCUT2D eigenvalue weighted by Crippen LogP contribution is 2.36. The first-order valence-corrected chi connectivity index (χ1v) is 15.1. The number of methoxy groups -OCH3 is 1.